The predicted molar refractivity (Wildman–Crippen MR) is 97.6 cm³/mol. The van der Waals surface area contributed by atoms with Crippen molar-refractivity contribution in [2.75, 3.05) is 10.6 Å². The zero-order chi connectivity index (χ0) is 18.2. The lowest BCUT2D eigenvalue weighted by Gasteiger charge is -2.29. The Morgan fingerprint density at radius 1 is 1.16 bits per heavy atom. The molecule has 6 nitrogen and oxygen atoms in total. The third-order valence-corrected chi connectivity index (χ3v) is 4.60. The number of benzene rings is 1. The molecular weight excluding hydrogens is 363 g/mol. The van der Waals surface area contributed by atoms with Gasteiger partial charge in [-0.1, -0.05) is 37.0 Å². The third-order valence-electron chi connectivity index (χ3n) is 3.86. The fourth-order valence-electron chi connectivity index (χ4n) is 2.73. The number of hydrogen-bond donors (Lipinski definition) is 2. The lowest BCUT2D eigenvalue weighted by atomic mass is 9.76. The molecule has 8 heteroatoms. The van der Waals surface area contributed by atoms with Crippen LogP contribution >= 0.6 is 23.2 Å². The molecular formula is C17H16Cl2N4O2. The fourth-order valence-corrected chi connectivity index (χ4v) is 3.03. The second-order valence-corrected chi connectivity index (χ2v) is 7.52. The van der Waals surface area contributed by atoms with Crippen LogP contribution in [-0.2, 0) is 6.42 Å². The van der Waals surface area contributed by atoms with Gasteiger partial charge in [0.1, 0.15) is 0 Å². The molecule has 0 fully saturated rings. The summed E-state index contributed by atoms with van der Waals surface area (Å²) in [6.45, 7) is 4.03. The number of Topliss-reactive ketones (excluding diaryl/α,β-unsaturated/α-hetero) is 1. The molecule has 1 aromatic heterocycles. The smallest absolute Gasteiger partial charge is 0.308 e. The van der Waals surface area contributed by atoms with Gasteiger partial charge in [0.15, 0.2) is 5.78 Å². The second-order valence-electron chi connectivity index (χ2n) is 6.70. The Bertz CT molecular complexity index is 868. The molecule has 0 spiro atoms. The highest BCUT2D eigenvalue weighted by Gasteiger charge is 2.32. The number of nitrogens with zero attached hydrogens (tertiary/aromatic N) is 2. The first-order valence-electron chi connectivity index (χ1n) is 7.66. The first kappa shape index (κ1) is 17.6. The van der Waals surface area contributed by atoms with E-state index in [-0.39, 0.29) is 17.1 Å². The standard InChI is InChI=1S/C17H16Cl2N4O2/c1-17(2)6-13-10(14(24)7-17)8-20-15(22-13)23-16(25)21-9-3-4-11(18)12(19)5-9/h3-5,8H,6-7H2,1-2H3,(H2,20,21,22,23,25). The van der Waals surface area contributed by atoms with Gasteiger partial charge in [-0.3, -0.25) is 10.1 Å². The van der Waals surface area contributed by atoms with Crippen molar-refractivity contribution in [1.82, 2.24) is 9.97 Å². The summed E-state index contributed by atoms with van der Waals surface area (Å²) in [6.07, 6.45) is 2.59. The van der Waals surface area contributed by atoms with Crippen LogP contribution in [0, 0.1) is 5.41 Å². The van der Waals surface area contributed by atoms with Crippen molar-refractivity contribution in [3.63, 3.8) is 0 Å². The summed E-state index contributed by atoms with van der Waals surface area (Å²) in [5.74, 6) is 0.167. The molecule has 0 saturated carbocycles. The number of hydrogen-bond acceptors (Lipinski definition) is 4. The summed E-state index contributed by atoms with van der Waals surface area (Å²) in [5.41, 5.74) is 1.51. The quantitative estimate of drug-likeness (QED) is 0.800. The number of carbonyl (C=O) groups excluding carboxylic acids is 2. The maximum absolute atomic E-state index is 12.1. The number of anilines is 2. The van der Waals surface area contributed by atoms with Crippen molar-refractivity contribution in [3.8, 4) is 0 Å². The molecule has 3 rings (SSSR count). The number of ketones is 1. The topological polar surface area (TPSA) is 84.0 Å². The summed E-state index contributed by atoms with van der Waals surface area (Å²) in [5, 5.41) is 5.92. The first-order valence-corrected chi connectivity index (χ1v) is 8.41. The maximum atomic E-state index is 12.1. The van der Waals surface area contributed by atoms with E-state index in [1.54, 1.807) is 18.2 Å². The fraction of sp³-hybridized carbons (Fsp3) is 0.294. The number of aromatic nitrogens is 2. The number of urea groups is 1. The second kappa shape index (κ2) is 6.61. The van der Waals surface area contributed by atoms with E-state index >= 15 is 0 Å². The minimum absolute atomic E-state index is 0.0260. The van der Waals surface area contributed by atoms with Crippen LogP contribution in [0.15, 0.2) is 24.4 Å². The molecule has 25 heavy (non-hydrogen) atoms. The highest BCUT2D eigenvalue weighted by molar-refractivity contribution is 6.42. The van der Waals surface area contributed by atoms with Crippen molar-refractivity contribution >= 4 is 46.7 Å². The summed E-state index contributed by atoms with van der Waals surface area (Å²) < 4.78 is 0. The van der Waals surface area contributed by atoms with Gasteiger partial charge in [0.05, 0.1) is 21.3 Å². The van der Waals surface area contributed by atoms with E-state index in [0.717, 1.165) is 0 Å². The zero-order valence-corrected chi connectivity index (χ0v) is 15.2. The van der Waals surface area contributed by atoms with E-state index in [2.05, 4.69) is 20.6 Å². The van der Waals surface area contributed by atoms with Gasteiger partial charge in [0, 0.05) is 18.3 Å². The molecule has 0 unspecified atom stereocenters. The number of carbonyl (C=O) groups is 2. The van der Waals surface area contributed by atoms with Crippen molar-refractivity contribution in [1.29, 1.82) is 0 Å². The average Bonchev–Trinajstić information content (AvgIpc) is 2.49. The number of nitrogens with one attached hydrogen (secondary N) is 2. The molecule has 1 aliphatic rings. The monoisotopic (exact) mass is 378 g/mol. The Morgan fingerprint density at radius 2 is 1.92 bits per heavy atom. The SMILES string of the molecule is CC1(C)CC(=O)c2cnc(NC(=O)Nc3ccc(Cl)c(Cl)c3)nc2C1. The maximum Gasteiger partial charge on any atom is 0.326 e. The predicted octanol–water partition coefficient (Wildman–Crippen LogP) is 4.58. The molecule has 1 aromatic carbocycles. The van der Waals surface area contributed by atoms with Gasteiger partial charge in [-0.2, -0.15) is 0 Å². The van der Waals surface area contributed by atoms with Crippen LogP contribution in [-0.4, -0.2) is 21.8 Å². The van der Waals surface area contributed by atoms with Crippen LogP contribution in [0.25, 0.3) is 0 Å². The molecule has 2 aromatic rings. The van der Waals surface area contributed by atoms with Gasteiger partial charge in [-0.05, 0) is 30.0 Å². The lowest BCUT2D eigenvalue weighted by molar-refractivity contribution is 0.0910. The van der Waals surface area contributed by atoms with Gasteiger partial charge in [-0.25, -0.2) is 14.8 Å². The van der Waals surface area contributed by atoms with Crippen molar-refractivity contribution < 1.29 is 9.59 Å². The zero-order valence-electron chi connectivity index (χ0n) is 13.7. The van der Waals surface area contributed by atoms with E-state index in [1.165, 1.54) is 6.20 Å². The number of rotatable bonds is 2. The Labute approximate surface area is 155 Å². The molecule has 0 aliphatic heterocycles. The van der Waals surface area contributed by atoms with E-state index in [1.807, 2.05) is 13.8 Å². The summed E-state index contributed by atoms with van der Waals surface area (Å²) in [6, 6.07) is 4.24. The Balaban J connectivity index is 1.74. The molecule has 2 amide bonds. The lowest BCUT2D eigenvalue weighted by Crippen LogP contribution is -2.29. The van der Waals surface area contributed by atoms with Crippen molar-refractivity contribution in [3.05, 3.63) is 45.7 Å². The molecule has 1 aliphatic carbocycles. The van der Waals surface area contributed by atoms with E-state index in [4.69, 9.17) is 23.2 Å². The van der Waals surface area contributed by atoms with E-state index in [0.29, 0.717) is 39.8 Å². The minimum atomic E-state index is -0.514. The molecule has 0 radical (unpaired) electrons. The summed E-state index contributed by atoms with van der Waals surface area (Å²) in [7, 11) is 0. The van der Waals surface area contributed by atoms with E-state index < -0.39 is 6.03 Å². The Hall–Kier alpha value is -2.18. The van der Waals surface area contributed by atoms with Gasteiger partial charge in [0.2, 0.25) is 5.95 Å². The third kappa shape index (κ3) is 4.08. The normalized spacial score (nSPS) is 15.4. The van der Waals surface area contributed by atoms with Crippen molar-refractivity contribution in [2.45, 2.75) is 26.7 Å². The Kier molecular flexibility index (Phi) is 4.67. The van der Waals surface area contributed by atoms with Crippen LogP contribution in [0.3, 0.4) is 0 Å². The average molecular weight is 379 g/mol. The van der Waals surface area contributed by atoms with Crippen LogP contribution in [0.4, 0.5) is 16.4 Å². The molecule has 2 N–H and O–H groups in total. The molecule has 0 atom stereocenters. The van der Waals surface area contributed by atoms with Crippen LogP contribution in [0.1, 0.15) is 36.3 Å². The molecule has 1 heterocycles. The minimum Gasteiger partial charge on any atom is -0.308 e. The van der Waals surface area contributed by atoms with Crippen molar-refractivity contribution in [2.24, 2.45) is 5.41 Å². The van der Waals surface area contributed by atoms with Crippen LogP contribution in [0.5, 0.6) is 0 Å². The van der Waals surface area contributed by atoms with Gasteiger partial charge < -0.3 is 5.32 Å². The number of amides is 2. The number of halogens is 2. The molecule has 0 saturated heterocycles. The van der Waals surface area contributed by atoms with Crippen LogP contribution in [0.2, 0.25) is 10.0 Å². The Morgan fingerprint density at radius 3 is 2.64 bits per heavy atom. The molecule has 0 bridgehead atoms. The molecule has 130 valence electrons. The largest absolute Gasteiger partial charge is 0.326 e. The van der Waals surface area contributed by atoms with Gasteiger partial charge in [-0.15, -0.1) is 0 Å². The summed E-state index contributed by atoms with van der Waals surface area (Å²) >= 11 is 11.8. The highest BCUT2D eigenvalue weighted by atomic mass is 35.5. The van der Waals surface area contributed by atoms with Crippen LogP contribution < -0.4 is 10.6 Å². The highest BCUT2D eigenvalue weighted by Crippen LogP contribution is 2.33. The van der Waals surface area contributed by atoms with Gasteiger partial charge in [0.25, 0.3) is 0 Å². The number of fused-ring (bicyclic) bond motifs is 1. The van der Waals surface area contributed by atoms with Gasteiger partial charge >= 0.3 is 6.03 Å². The van der Waals surface area contributed by atoms with E-state index in [9.17, 15) is 9.59 Å². The summed E-state index contributed by atoms with van der Waals surface area (Å²) in [4.78, 5) is 32.6. The first-order chi connectivity index (χ1) is 11.7.